The molecule has 2 aliphatic rings. The van der Waals surface area contributed by atoms with Crippen LogP contribution in [0.25, 0.3) is 0 Å². The molecule has 0 spiro atoms. The maximum Gasteiger partial charge on any atom is 0.108 e. The predicted molar refractivity (Wildman–Crippen MR) is 61.5 cm³/mol. The van der Waals surface area contributed by atoms with Crippen molar-refractivity contribution in [2.24, 2.45) is 0 Å². The number of ether oxygens (including phenoxy) is 1. The molecule has 1 aromatic rings. The van der Waals surface area contributed by atoms with Gasteiger partial charge >= 0.3 is 0 Å². The molecule has 0 radical (unpaired) electrons. The van der Waals surface area contributed by atoms with Gasteiger partial charge in [0.1, 0.15) is 5.82 Å². The summed E-state index contributed by atoms with van der Waals surface area (Å²) in [6.45, 7) is 3.04. The van der Waals surface area contributed by atoms with Crippen LogP contribution in [-0.2, 0) is 24.1 Å². The fourth-order valence-electron chi connectivity index (χ4n) is 2.63. The molecule has 0 amide bonds. The van der Waals surface area contributed by atoms with Crippen molar-refractivity contribution < 1.29 is 4.74 Å². The van der Waals surface area contributed by atoms with Crippen molar-refractivity contribution in [3.05, 3.63) is 17.7 Å². The molecule has 1 saturated heterocycles. The summed E-state index contributed by atoms with van der Waals surface area (Å²) in [6, 6.07) is 0. The van der Waals surface area contributed by atoms with Gasteiger partial charge < -0.3 is 14.6 Å². The lowest BCUT2D eigenvalue weighted by Crippen LogP contribution is -2.61. The van der Waals surface area contributed by atoms with Crippen LogP contribution in [0.2, 0.25) is 0 Å². The van der Waals surface area contributed by atoms with Crippen LogP contribution in [0.4, 0.5) is 0 Å². The monoisotopic (exact) mass is 221 g/mol. The van der Waals surface area contributed by atoms with Gasteiger partial charge in [-0.3, -0.25) is 0 Å². The maximum absolute atomic E-state index is 5.60. The van der Waals surface area contributed by atoms with Crippen LogP contribution in [0.5, 0.6) is 0 Å². The van der Waals surface area contributed by atoms with E-state index in [1.807, 2.05) is 0 Å². The van der Waals surface area contributed by atoms with E-state index in [0.29, 0.717) is 0 Å². The second-order valence-corrected chi connectivity index (χ2v) is 4.97. The zero-order valence-corrected chi connectivity index (χ0v) is 9.83. The molecule has 0 aromatic carbocycles. The number of rotatable bonds is 3. The number of aryl methyl sites for hydroxylation is 2. The fraction of sp³-hybridized carbons (Fsp3) is 0.750. The standard InChI is InChI=1S/C12H19N3O/c1-16-12(8-13-9-12)6-10-7-15-5-3-2-4-11(15)14-10/h7,13H,2-6,8-9H2,1H3. The highest BCUT2D eigenvalue weighted by molar-refractivity contribution is 5.12. The first-order valence-corrected chi connectivity index (χ1v) is 6.12. The van der Waals surface area contributed by atoms with Crippen LogP contribution < -0.4 is 5.32 Å². The number of hydrogen-bond acceptors (Lipinski definition) is 3. The van der Waals surface area contributed by atoms with Crippen molar-refractivity contribution in [2.45, 2.75) is 37.8 Å². The van der Waals surface area contributed by atoms with E-state index in [-0.39, 0.29) is 5.60 Å². The summed E-state index contributed by atoms with van der Waals surface area (Å²) < 4.78 is 7.91. The molecule has 4 heteroatoms. The molecule has 0 atom stereocenters. The Morgan fingerprint density at radius 1 is 1.50 bits per heavy atom. The third-order valence-electron chi connectivity index (χ3n) is 3.79. The second-order valence-electron chi connectivity index (χ2n) is 4.97. The summed E-state index contributed by atoms with van der Waals surface area (Å²) in [5.74, 6) is 1.26. The Hall–Kier alpha value is -0.870. The minimum atomic E-state index is 0.00447. The highest BCUT2D eigenvalue weighted by Crippen LogP contribution is 2.23. The van der Waals surface area contributed by atoms with E-state index in [9.17, 15) is 0 Å². The summed E-state index contributed by atoms with van der Waals surface area (Å²) >= 11 is 0. The van der Waals surface area contributed by atoms with Gasteiger partial charge in [0.15, 0.2) is 0 Å². The Morgan fingerprint density at radius 2 is 2.38 bits per heavy atom. The number of methoxy groups -OCH3 is 1. The first-order chi connectivity index (χ1) is 7.81. The average Bonchev–Trinajstić information content (AvgIpc) is 2.65. The molecular formula is C12H19N3O. The third kappa shape index (κ3) is 1.66. The summed E-state index contributed by atoms with van der Waals surface area (Å²) in [6.07, 6.45) is 6.87. The molecule has 0 aliphatic carbocycles. The predicted octanol–water partition coefficient (Wildman–Crippen LogP) is 0.750. The molecule has 0 unspecified atom stereocenters. The quantitative estimate of drug-likeness (QED) is 0.818. The number of hydrogen-bond donors (Lipinski definition) is 1. The minimum absolute atomic E-state index is 0.00447. The molecule has 3 rings (SSSR count). The molecular weight excluding hydrogens is 202 g/mol. The molecule has 3 heterocycles. The molecule has 0 saturated carbocycles. The zero-order chi connectivity index (χ0) is 11.0. The van der Waals surface area contributed by atoms with Gasteiger partial charge in [-0.05, 0) is 12.8 Å². The first kappa shape index (κ1) is 10.3. The van der Waals surface area contributed by atoms with Crippen LogP contribution in [0, 0.1) is 0 Å². The van der Waals surface area contributed by atoms with Crippen molar-refractivity contribution in [1.82, 2.24) is 14.9 Å². The van der Waals surface area contributed by atoms with Gasteiger partial charge in [-0.15, -0.1) is 0 Å². The topological polar surface area (TPSA) is 39.1 Å². The van der Waals surface area contributed by atoms with Crippen LogP contribution in [0.1, 0.15) is 24.4 Å². The van der Waals surface area contributed by atoms with Crippen molar-refractivity contribution in [2.75, 3.05) is 20.2 Å². The minimum Gasteiger partial charge on any atom is -0.375 e. The SMILES string of the molecule is COC1(Cc2cn3c(n2)CCCC3)CNC1. The Kier molecular flexibility index (Phi) is 2.48. The van der Waals surface area contributed by atoms with Crippen LogP contribution in [-0.4, -0.2) is 35.4 Å². The van der Waals surface area contributed by atoms with Crippen LogP contribution >= 0.6 is 0 Å². The lowest BCUT2D eigenvalue weighted by atomic mass is 9.91. The lowest BCUT2D eigenvalue weighted by molar-refractivity contribution is -0.0508. The number of imidazole rings is 1. The van der Waals surface area contributed by atoms with Crippen molar-refractivity contribution in [3.63, 3.8) is 0 Å². The second kappa shape index (κ2) is 3.86. The number of nitrogens with one attached hydrogen (secondary N) is 1. The Morgan fingerprint density at radius 3 is 3.00 bits per heavy atom. The molecule has 0 bridgehead atoms. The van der Waals surface area contributed by atoms with Crippen molar-refractivity contribution in [1.29, 1.82) is 0 Å². The largest absolute Gasteiger partial charge is 0.375 e. The lowest BCUT2D eigenvalue weighted by Gasteiger charge is -2.40. The summed E-state index contributed by atoms with van der Waals surface area (Å²) in [4.78, 5) is 4.72. The third-order valence-corrected chi connectivity index (χ3v) is 3.79. The van der Waals surface area contributed by atoms with Crippen molar-refractivity contribution in [3.8, 4) is 0 Å². The van der Waals surface area contributed by atoms with Gasteiger partial charge in [0.25, 0.3) is 0 Å². The van der Waals surface area contributed by atoms with E-state index < -0.39 is 0 Å². The Balaban J connectivity index is 1.77. The highest BCUT2D eigenvalue weighted by atomic mass is 16.5. The molecule has 1 fully saturated rings. The summed E-state index contributed by atoms with van der Waals surface area (Å²) in [5, 5.41) is 3.28. The highest BCUT2D eigenvalue weighted by Gasteiger charge is 2.37. The number of aromatic nitrogens is 2. The van der Waals surface area contributed by atoms with Crippen LogP contribution in [0.3, 0.4) is 0 Å². The molecule has 88 valence electrons. The van der Waals surface area contributed by atoms with E-state index in [4.69, 9.17) is 9.72 Å². The Labute approximate surface area is 96.0 Å². The molecule has 1 aromatic heterocycles. The van der Waals surface area contributed by atoms with Gasteiger partial charge in [0.2, 0.25) is 0 Å². The van der Waals surface area contributed by atoms with Gasteiger partial charge in [-0.25, -0.2) is 4.98 Å². The van der Waals surface area contributed by atoms with E-state index in [0.717, 1.165) is 32.5 Å². The van der Waals surface area contributed by atoms with Crippen LogP contribution in [0.15, 0.2) is 6.20 Å². The number of fused-ring (bicyclic) bond motifs is 1. The summed E-state index contributed by atoms with van der Waals surface area (Å²) in [7, 11) is 1.80. The van der Waals surface area contributed by atoms with Gasteiger partial charge in [0.05, 0.1) is 11.3 Å². The van der Waals surface area contributed by atoms with Gasteiger partial charge in [-0.2, -0.15) is 0 Å². The molecule has 16 heavy (non-hydrogen) atoms. The Bertz CT molecular complexity index is 353. The first-order valence-electron chi connectivity index (χ1n) is 6.12. The summed E-state index contributed by atoms with van der Waals surface area (Å²) in [5.41, 5.74) is 1.20. The fourth-order valence-corrected chi connectivity index (χ4v) is 2.63. The van der Waals surface area contributed by atoms with E-state index >= 15 is 0 Å². The normalized spacial score (nSPS) is 22.6. The van der Waals surface area contributed by atoms with Gasteiger partial charge in [-0.1, -0.05) is 0 Å². The average molecular weight is 221 g/mol. The van der Waals surface area contributed by atoms with Gasteiger partial charge in [0, 0.05) is 45.8 Å². The zero-order valence-electron chi connectivity index (χ0n) is 9.83. The number of nitrogens with zero attached hydrogens (tertiary/aromatic N) is 2. The van der Waals surface area contributed by atoms with E-state index in [1.54, 1.807) is 7.11 Å². The van der Waals surface area contributed by atoms with E-state index in [2.05, 4.69) is 16.1 Å². The van der Waals surface area contributed by atoms with E-state index in [1.165, 1.54) is 24.4 Å². The molecule has 2 aliphatic heterocycles. The molecule has 4 nitrogen and oxygen atoms in total. The maximum atomic E-state index is 5.60. The smallest absolute Gasteiger partial charge is 0.108 e. The van der Waals surface area contributed by atoms with Crippen molar-refractivity contribution >= 4 is 0 Å². The molecule has 1 N–H and O–H groups in total.